The highest BCUT2D eigenvalue weighted by Gasteiger charge is 2.28. The average molecular weight is 338 g/mol. The first-order valence-corrected chi connectivity index (χ1v) is 8.77. The summed E-state index contributed by atoms with van der Waals surface area (Å²) in [7, 11) is 0. The predicted octanol–water partition coefficient (Wildman–Crippen LogP) is 2.87. The van der Waals surface area contributed by atoms with Crippen LogP contribution in [0, 0.1) is 0 Å². The molecule has 2 aromatic rings. The van der Waals surface area contributed by atoms with E-state index >= 15 is 0 Å². The molecule has 1 fully saturated rings. The van der Waals surface area contributed by atoms with Crippen LogP contribution in [0.15, 0.2) is 48.5 Å². The Hall–Kier alpha value is -2.53. The minimum Gasteiger partial charge on any atom is -0.454 e. The van der Waals surface area contributed by atoms with E-state index in [1.807, 2.05) is 53.4 Å². The monoisotopic (exact) mass is 338 g/mol. The third-order valence-electron chi connectivity index (χ3n) is 4.77. The minimum atomic E-state index is -0.350. The molecule has 0 bridgehead atoms. The molecular formula is C20H22N2O3. The van der Waals surface area contributed by atoms with E-state index in [0.717, 1.165) is 48.6 Å². The van der Waals surface area contributed by atoms with Crippen LogP contribution in [0.3, 0.4) is 0 Å². The van der Waals surface area contributed by atoms with Gasteiger partial charge in [0.25, 0.3) is 0 Å². The fraction of sp³-hybridized carbons (Fsp3) is 0.350. The molecule has 0 saturated carbocycles. The maximum absolute atomic E-state index is 13.0. The quantitative estimate of drug-likeness (QED) is 0.911. The number of likely N-dealkylation sites (tertiary alicyclic amines) is 1. The van der Waals surface area contributed by atoms with E-state index in [4.69, 9.17) is 9.47 Å². The molecule has 0 spiro atoms. The van der Waals surface area contributed by atoms with Gasteiger partial charge in [0.1, 0.15) is 6.04 Å². The van der Waals surface area contributed by atoms with Gasteiger partial charge in [0.05, 0.1) is 0 Å². The van der Waals surface area contributed by atoms with Crippen LogP contribution in [-0.4, -0.2) is 30.7 Å². The summed E-state index contributed by atoms with van der Waals surface area (Å²) < 4.78 is 11.0. The summed E-state index contributed by atoms with van der Waals surface area (Å²) in [4.78, 5) is 15.0. The molecule has 130 valence electrons. The lowest BCUT2D eigenvalue weighted by atomic mass is 10.0. The Morgan fingerprint density at radius 3 is 2.64 bits per heavy atom. The van der Waals surface area contributed by atoms with Crippen molar-refractivity contribution in [3.63, 3.8) is 0 Å². The van der Waals surface area contributed by atoms with Crippen LogP contribution < -0.4 is 14.8 Å². The van der Waals surface area contributed by atoms with Crippen molar-refractivity contribution in [2.75, 3.05) is 19.9 Å². The third-order valence-corrected chi connectivity index (χ3v) is 4.77. The van der Waals surface area contributed by atoms with Crippen molar-refractivity contribution in [3.05, 3.63) is 59.7 Å². The molecule has 0 aliphatic carbocycles. The third kappa shape index (κ3) is 3.33. The van der Waals surface area contributed by atoms with E-state index < -0.39 is 0 Å². The molecule has 1 saturated heterocycles. The van der Waals surface area contributed by atoms with Crippen LogP contribution in [0.25, 0.3) is 0 Å². The van der Waals surface area contributed by atoms with Gasteiger partial charge in [-0.15, -0.1) is 0 Å². The fourth-order valence-electron chi connectivity index (χ4n) is 3.46. The van der Waals surface area contributed by atoms with Gasteiger partial charge in [0.15, 0.2) is 11.5 Å². The van der Waals surface area contributed by atoms with Crippen molar-refractivity contribution >= 4 is 5.91 Å². The van der Waals surface area contributed by atoms with Gasteiger partial charge in [-0.3, -0.25) is 10.1 Å². The van der Waals surface area contributed by atoms with Gasteiger partial charge in [-0.25, -0.2) is 0 Å². The smallest absolute Gasteiger partial charge is 0.244 e. The molecule has 1 atom stereocenters. The number of nitrogens with zero attached hydrogens (tertiary/aromatic N) is 1. The molecule has 0 aromatic heterocycles. The molecule has 2 aliphatic rings. The minimum absolute atomic E-state index is 0.147. The maximum atomic E-state index is 13.0. The van der Waals surface area contributed by atoms with Crippen molar-refractivity contribution in [1.29, 1.82) is 0 Å². The van der Waals surface area contributed by atoms with Crippen molar-refractivity contribution in [3.8, 4) is 11.5 Å². The number of carbonyl (C=O) groups excluding carboxylic acids is 1. The Morgan fingerprint density at radius 2 is 1.84 bits per heavy atom. The highest BCUT2D eigenvalue weighted by atomic mass is 16.7. The first-order valence-electron chi connectivity index (χ1n) is 8.77. The molecule has 0 radical (unpaired) electrons. The van der Waals surface area contributed by atoms with Crippen molar-refractivity contribution in [2.24, 2.45) is 0 Å². The van der Waals surface area contributed by atoms with Gasteiger partial charge in [-0.1, -0.05) is 42.5 Å². The summed E-state index contributed by atoms with van der Waals surface area (Å²) in [6.45, 7) is 2.50. The van der Waals surface area contributed by atoms with Crippen LogP contribution in [0.5, 0.6) is 11.5 Å². The molecule has 4 rings (SSSR count). The second kappa shape index (κ2) is 7.15. The van der Waals surface area contributed by atoms with Gasteiger partial charge in [-0.2, -0.15) is 0 Å². The van der Waals surface area contributed by atoms with Crippen molar-refractivity contribution in [1.82, 2.24) is 10.2 Å². The highest BCUT2D eigenvalue weighted by molar-refractivity contribution is 5.83. The van der Waals surface area contributed by atoms with Crippen LogP contribution in [0.4, 0.5) is 0 Å². The maximum Gasteiger partial charge on any atom is 0.244 e. The van der Waals surface area contributed by atoms with Gasteiger partial charge >= 0.3 is 0 Å². The van der Waals surface area contributed by atoms with Crippen LogP contribution in [0.2, 0.25) is 0 Å². The lowest BCUT2D eigenvalue weighted by molar-refractivity contribution is -0.132. The topological polar surface area (TPSA) is 50.8 Å². The molecule has 1 N–H and O–H groups in total. The first kappa shape index (κ1) is 16.0. The Kier molecular flexibility index (Phi) is 4.57. The summed E-state index contributed by atoms with van der Waals surface area (Å²) in [5.74, 6) is 1.69. The lowest BCUT2D eigenvalue weighted by Gasteiger charge is -2.24. The van der Waals surface area contributed by atoms with Gasteiger partial charge in [-0.05, 0) is 24.5 Å². The fourth-order valence-corrected chi connectivity index (χ4v) is 3.46. The average Bonchev–Trinajstić information content (AvgIpc) is 3.34. The first-order chi connectivity index (χ1) is 12.3. The Balaban J connectivity index is 1.54. The number of fused-ring (bicyclic) bond motifs is 1. The summed E-state index contributed by atoms with van der Waals surface area (Å²) in [5.41, 5.74) is 1.99. The number of benzene rings is 2. The summed E-state index contributed by atoms with van der Waals surface area (Å²) in [6, 6.07) is 15.4. The number of carbonyl (C=O) groups is 1. The van der Waals surface area contributed by atoms with Crippen molar-refractivity contribution in [2.45, 2.75) is 25.4 Å². The Bertz CT molecular complexity index is 742. The molecule has 2 aromatic carbocycles. The standard InChI is InChI=1S/C20H22N2O3/c23-20(22-11-4-5-12-22)18(15-7-2-1-3-8-15)21-13-16-9-6-10-17-19(16)25-14-24-17/h1-3,6-10,18,21H,4-5,11-14H2/t18-/m1/s1. The molecule has 0 unspecified atom stereocenters. The molecule has 5 heteroatoms. The Labute approximate surface area is 147 Å². The van der Waals surface area contributed by atoms with E-state index in [1.165, 1.54) is 0 Å². The number of ether oxygens (including phenoxy) is 2. The van der Waals surface area contributed by atoms with Crippen LogP contribution >= 0.6 is 0 Å². The van der Waals surface area contributed by atoms with E-state index in [1.54, 1.807) is 0 Å². The molecule has 1 amide bonds. The zero-order chi connectivity index (χ0) is 17.1. The predicted molar refractivity (Wildman–Crippen MR) is 94.4 cm³/mol. The Morgan fingerprint density at radius 1 is 1.04 bits per heavy atom. The number of rotatable bonds is 5. The normalized spacial score (nSPS) is 16.9. The molecular weight excluding hydrogens is 316 g/mol. The van der Waals surface area contributed by atoms with E-state index in [0.29, 0.717) is 6.54 Å². The van der Waals surface area contributed by atoms with E-state index in [9.17, 15) is 4.79 Å². The number of para-hydroxylation sites is 1. The zero-order valence-electron chi connectivity index (χ0n) is 14.1. The SMILES string of the molecule is O=C([C@H](NCc1cccc2c1OCO2)c1ccccc1)N1CCCC1. The van der Waals surface area contributed by atoms with Crippen molar-refractivity contribution < 1.29 is 14.3 Å². The summed E-state index contributed by atoms with van der Waals surface area (Å²) in [6.07, 6.45) is 2.18. The molecule has 2 aliphatic heterocycles. The largest absolute Gasteiger partial charge is 0.454 e. The zero-order valence-corrected chi connectivity index (χ0v) is 14.1. The second-order valence-corrected chi connectivity index (χ2v) is 6.41. The number of amides is 1. The van der Waals surface area contributed by atoms with Crippen LogP contribution in [0.1, 0.15) is 30.0 Å². The second-order valence-electron chi connectivity index (χ2n) is 6.41. The van der Waals surface area contributed by atoms with Gasteiger partial charge < -0.3 is 14.4 Å². The molecule has 5 nitrogen and oxygen atoms in total. The highest BCUT2D eigenvalue weighted by Crippen LogP contribution is 2.35. The lowest BCUT2D eigenvalue weighted by Crippen LogP contribution is -2.39. The number of nitrogens with one attached hydrogen (secondary N) is 1. The van der Waals surface area contributed by atoms with E-state index in [-0.39, 0.29) is 18.7 Å². The van der Waals surface area contributed by atoms with Gasteiger partial charge in [0.2, 0.25) is 12.7 Å². The van der Waals surface area contributed by atoms with Crippen LogP contribution in [-0.2, 0) is 11.3 Å². The summed E-state index contributed by atoms with van der Waals surface area (Å²) >= 11 is 0. The summed E-state index contributed by atoms with van der Waals surface area (Å²) in [5, 5.41) is 3.43. The molecule has 25 heavy (non-hydrogen) atoms. The number of hydrogen-bond acceptors (Lipinski definition) is 4. The van der Waals surface area contributed by atoms with Gasteiger partial charge in [0, 0.05) is 25.2 Å². The number of hydrogen-bond donors (Lipinski definition) is 1. The molecule has 2 heterocycles. The van der Waals surface area contributed by atoms with E-state index in [2.05, 4.69) is 5.32 Å².